The molecule has 0 radical (unpaired) electrons. The minimum atomic E-state index is -0.00792. The Bertz CT molecular complexity index is 1620. The third-order valence-corrected chi connectivity index (χ3v) is 6.73. The molecule has 1 saturated heterocycles. The van der Waals surface area contributed by atoms with Crippen molar-refractivity contribution in [3.05, 3.63) is 120 Å². The molecule has 2 aromatic heterocycles. The van der Waals surface area contributed by atoms with Crippen molar-refractivity contribution in [2.45, 2.75) is 6.04 Å². The molecule has 2 N–H and O–H groups in total. The number of carbonyl (C=O) groups excluding carboxylic acids is 1. The van der Waals surface area contributed by atoms with Gasteiger partial charge in [-0.15, -0.1) is 0 Å². The van der Waals surface area contributed by atoms with Crippen molar-refractivity contribution in [2.24, 2.45) is 0 Å². The largest absolute Gasteiger partial charge is 0.329 e. The Morgan fingerprint density at radius 3 is 2.59 bits per heavy atom. The monoisotopic (exact) mass is 483 g/mol. The van der Waals surface area contributed by atoms with Crippen molar-refractivity contribution in [3.63, 3.8) is 0 Å². The van der Waals surface area contributed by atoms with E-state index in [9.17, 15) is 4.79 Å². The molecule has 0 aliphatic carbocycles. The zero-order chi connectivity index (χ0) is 25.0. The van der Waals surface area contributed by atoms with Gasteiger partial charge in [0.05, 0.1) is 11.6 Å². The lowest BCUT2D eigenvalue weighted by molar-refractivity contribution is 0.0634. The van der Waals surface area contributed by atoms with E-state index in [1.165, 1.54) is 0 Å². The second-order valence-corrected chi connectivity index (χ2v) is 8.99. The van der Waals surface area contributed by atoms with E-state index in [1.807, 2.05) is 71.6 Å². The van der Waals surface area contributed by atoms with Gasteiger partial charge in [-0.05, 0) is 59.0 Å². The molecule has 0 unspecified atom stereocenters. The molecular weight excluding hydrogens is 458 g/mol. The highest BCUT2D eigenvalue weighted by Crippen LogP contribution is 2.26. The van der Waals surface area contributed by atoms with Crippen LogP contribution in [0, 0.1) is 11.8 Å². The Kier molecular flexibility index (Phi) is 6.20. The minimum absolute atomic E-state index is 0.00792. The molecule has 5 aromatic rings. The maximum absolute atomic E-state index is 13.7. The molecule has 3 heterocycles. The fourth-order valence-corrected chi connectivity index (χ4v) is 4.83. The van der Waals surface area contributed by atoms with Gasteiger partial charge in [-0.25, -0.2) is 0 Å². The first kappa shape index (κ1) is 22.7. The lowest BCUT2D eigenvalue weighted by atomic mass is 10.0. The molecule has 6 heteroatoms. The number of aromatic nitrogens is 3. The average molecular weight is 484 g/mol. The third-order valence-electron chi connectivity index (χ3n) is 6.73. The summed E-state index contributed by atoms with van der Waals surface area (Å²) in [5, 5.41) is 11.7. The molecule has 0 saturated carbocycles. The van der Waals surface area contributed by atoms with Crippen LogP contribution in [0.1, 0.15) is 33.2 Å². The summed E-state index contributed by atoms with van der Waals surface area (Å²) in [5.74, 6) is 6.57. The number of H-pyrrole nitrogens is 1. The van der Waals surface area contributed by atoms with Gasteiger partial charge in [0.1, 0.15) is 5.69 Å². The number of benzene rings is 3. The molecular formula is C31H25N5O. The van der Waals surface area contributed by atoms with Gasteiger partial charge in [0.15, 0.2) is 0 Å². The standard InChI is InChI=1S/C31H25N5O/c37-31(36-19-18-33-21-30(36)24-7-2-1-3-8-24)25-11-13-29-27(20-25)28(34-35-29)12-10-22-6-4-5-9-26(22)23-14-16-32-17-15-23/h1-9,11,13-17,20,30,33H,18-19,21H2,(H,34,35)/t30-/m1/s1. The Morgan fingerprint density at radius 2 is 1.73 bits per heavy atom. The number of pyridine rings is 1. The molecule has 180 valence electrons. The van der Waals surface area contributed by atoms with Crippen LogP contribution in [-0.4, -0.2) is 45.6 Å². The Hall–Kier alpha value is -4.73. The van der Waals surface area contributed by atoms with Crippen LogP contribution < -0.4 is 5.32 Å². The van der Waals surface area contributed by atoms with E-state index in [0.29, 0.717) is 17.8 Å². The number of amides is 1. The SMILES string of the molecule is O=C(c1ccc2n[nH]c(C#Cc3ccccc3-c3ccncc3)c2c1)N1CCNC[C@@H]1c1ccccc1. The van der Waals surface area contributed by atoms with Gasteiger partial charge in [0, 0.05) is 48.5 Å². The van der Waals surface area contributed by atoms with Crippen molar-refractivity contribution in [2.75, 3.05) is 19.6 Å². The first-order valence-electron chi connectivity index (χ1n) is 12.3. The second kappa shape index (κ2) is 10.1. The van der Waals surface area contributed by atoms with E-state index in [4.69, 9.17) is 0 Å². The Labute approximate surface area is 215 Å². The van der Waals surface area contributed by atoms with E-state index in [2.05, 4.69) is 50.5 Å². The third kappa shape index (κ3) is 4.61. The van der Waals surface area contributed by atoms with Gasteiger partial charge >= 0.3 is 0 Å². The predicted molar refractivity (Wildman–Crippen MR) is 145 cm³/mol. The highest BCUT2D eigenvalue weighted by molar-refractivity contribution is 5.99. The summed E-state index contributed by atoms with van der Waals surface area (Å²) in [4.78, 5) is 19.7. The molecule has 1 atom stereocenters. The molecule has 37 heavy (non-hydrogen) atoms. The predicted octanol–water partition coefficient (Wildman–Crippen LogP) is 4.81. The highest BCUT2D eigenvalue weighted by atomic mass is 16.2. The second-order valence-electron chi connectivity index (χ2n) is 8.99. The summed E-state index contributed by atoms with van der Waals surface area (Å²) < 4.78 is 0. The van der Waals surface area contributed by atoms with Crippen molar-refractivity contribution in [1.29, 1.82) is 0 Å². The molecule has 0 spiro atoms. The number of hydrogen-bond donors (Lipinski definition) is 2. The van der Waals surface area contributed by atoms with Gasteiger partial charge in [-0.3, -0.25) is 14.9 Å². The van der Waals surface area contributed by atoms with Crippen LogP contribution in [0.15, 0.2) is 97.3 Å². The molecule has 3 aromatic carbocycles. The number of nitrogens with zero attached hydrogens (tertiary/aromatic N) is 3. The summed E-state index contributed by atoms with van der Waals surface area (Å²) in [7, 11) is 0. The van der Waals surface area contributed by atoms with Gasteiger partial charge in [-0.2, -0.15) is 5.10 Å². The molecule has 6 rings (SSSR count). The van der Waals surface area contributed by atoms with Gasteiger partial charge in [-0.1, -0.05) is 54.5 Å². The zero-order valence-corrected chi connectivity index (χ0v) is 20.2. The van der Waals surface area contributed by atoms with E-state index < -0.39 is 0 Å². The molecule has 1 aliphatic heterocycles. The van der Waals surface area contributed by atoms with Crippen LogP contribution in [-0.2, 0) is 0 Å². The summed E-state index contributed by atoms with van der Waals surface area (Å²) in [6.07, 6.45) is 3.56. The molecule has 0 bridgehead atoms. The van der Waals surface area contributed by atoms with Crippen molar-refractivity contribution in [1.82, 2.24) is 25.4 Å². The normalized spacial score (nSPS) is 15.2. The first-order chi connectivity index (χ1) is 18.3. The topological polar surface area (TPSA) is 73.9 Å². The first-order valence-corrected chi connectivity index (χ1v) is 12.3. The number of fused-ring (bicyclic) bond motifs is 1. The lowest BCUT2D eigenvalue weighted by Gasteiger charge is -2.36. The fourth-order valence-electron chi connectivity index (χ4n) is 4.83. The summed E-state index contributed by atoms with van der Waals surface area (Å²) in [6.45, 7) is 2.16. The van der Waals surface area contributed by atoms with E-state index >= 15 is 0 Å². The van der Waals surface area contributed by atoms with Crippen molar-refractivity contribution < 1.29 is 4.79 Å². The summed E-state index contributed by atoms with van der Waals surface area (Å²) in [5.41, 5.74) is 6.25. The van der Waals surface area contributed by atoms with Gasteiger partial charge in [0.2, 0.25) is 0 Å². The van der Waals surface area contributed by atoms with Crippen LogP contribution in [0.25, 0.3) is 22.0 Å². The minimum Gasteiger partial charge on any atom is -0.329 e. The van der Waals surface area contributed by atoms with Crippen LogP contribution in [0.5, 0.6) is 0 Å². The lowest BCUT2D eigenvalue weighted by Crippen LogP contribution is -2.48. The van der Waals surface area contributed by atoms with Gasteiger partial charge < -0.3 is 10.2 Å². The Morgan fingerprint density at radius 1 is 0.919 bits per heavy atom. The molecule has 6 nitrogen and oxygen atoms in total. The van der Waals surface area contributed by atoms with Crippen molar-refractivity contribution in [3.8, 4) is 23.0 Å². The number of rotatable bonds is 3. The molecule has 1 fully saturated rings. The van der Waals surface area contributed by atoms with E-state index in [-0.39, 0.29) is 11.9 Å². The molecule has 1 aliphatic rings. The van der Waals surface area contributed by atoms with Crippen molar-refractivity contribution >= 4 is 16.8 Å². The number of aromatic amines is 1. The zero-order valence-electron chi connectivity index (χ0n) is 20.2. The molecule has 1 amide bonds. The maximum atomic E-state index is 13.7. The van der Waals surface area contributed by atoms with Crippen LogP contribution in [0.3, 0.4) is 0 Å². The average Bonchev–Trinajstić information content (AvgIpc) is 3.39. The van der Waals surface area contributed by atoms with Crippen LogP contribution in [0.2, 0.25) is 0 Å². The number of hydrogen-bond acceptors (Lipinski definition) is 4. The smallest absolute Gasteiger partial charge is 0.254 e. The van der Waals surface area contributed by atoms with E-state index in [1.54, 1.807) is 12.4 Å². The highest BCUT2D eigenvalue weighted by Gasteiger charge is 2.28. The Balaban J connectivity index is 1.33. The van der Waals surface area contributed by atoms with Gasteiger partial charge in [0.25, 0.3) is 5.91 Å². The maximum Gasteiger partial charge on any atom is 0.254 e. The van der Waals surface area contributed by atoms with Crippen LogP contribution >= 0.6 is 0 Å². The number of nitrogens with one attached hydrogen (secondary N) is 2. The summed E-state index contributed by atoms with van der Waals surface area (Å²) in [6, 6.07) is 27.8. The van der Waals surface area contributed by atoms with Crippen LogP contribution in [0.4, 0.5) is 0 Å². The number of carbonyl (C=O) groups is 1. The quantitative estimate of drug-likeness (QED) is 0.361. The number of piperazine rings is 1. The fraction of sp³-hybridized carbons (Fsp3) is 0.129. The summed E-state index contributed by atoms with van der Waals surface area (Å²) >= 11 is 0. The van der Waals surface area contributed by atoms with E-state index in [0.717, 1.165) is 46.2 Å².